The summed E-state index contributed by atoms with van der Waals surface area (Å²) in [6.07, 6.45) is 1.78. The smallest absolute Gasteiger partial charge is 0.480 e. The van der Waals surface area contributed by atoms with E-state index in [0.717, 1.165) is 19.4 Å². The molecule has 0 radical (unpaired) electrons. The van der Waals surface area contributed by atoms with E-state index in [1.54, 1.807) is 0 Å². The van der Waals surface area contributed by atoms with Crippen molar-refractivity contribution in [2.24, 2.45) is 0 Å². The van der Waals surface area contributed by atoms with Gasteiger partial charge in [-0.3, -0.25) is 4.79 Å². The third-order valence-corrected chi connectivity index (χ3v) is 1.36. The van der Waals surface area contributed by atoms with Crippen LogP contribution < -0.4 is 5.32 Å². The maximum absolute atomic E-state index is 10.1. The van der Waals surface area contributed by atoms with Crippen LogP contribution in [0.15, 0.2) is 0 Å². The zero-order valence-corrected chi connectivity index (χ0v) is 8.23. The van der Waals surface area contributed by atoms with Gasteiger partial charge in [0.1, 0.15) is 6.04 Å². The molecule has 0 saturated carbocycles. The molecule has 46 valence electrons. The monoisotopic (exact) mass is 179 g/mol. The minimum Gasteiger partial charge on any atom is -0.480 e. The van der Waals surface area contributed by atoms with Crippen molar-refractivity contribution in [3.63, 3.8) is 0 Å². The van der Waals surface area contributed by atoms with Gasteiger partial charge in [-0.1, -0.05) is 0 Å². The summed E-state index contributed by atoms with van der Waals surface area (Å²) in [4.78, 5) is 10.1. The number of nitrogens with one attached hydrogen (secondary N) is 1. The first-order valence-electron chi connectivity index (χ1n) is 2.77. The zero-order valence-electron chi connectivity index (χ0n) is 5.26. The minimum atomic E-state index is -0.720. The van der Waals surface area contributed by atoms with Crippen molar-refractivity contribution in [2.75, 3.05) is 6.54 Å². The van der Waals surface area contributed by atoms with Crippen LogP contribution in [0.1, 0.15) is 12.8 Å². The van der Waals surface area contributed by atoms with Gasteiger partial charge in [-0.15, -0.1) is 0 Å². The maximum atomic E-state index is 10.1. The average molecular weight is 181 g/mol. The van der Waals surface area contributed by atoms with Crippen molar-refractivity contribution in [1.29, 1.82) is 0 Å². The molecule has 1 aliphatic rings. The van der Waals surface area contributed by atoms with E-state index in [2.05, 4.69) is 5.32 Å². The Balaban J connectivity index is 0.000000640. The summed E-state index contributed by atoms with van der Waals surface area (Å²) in [7, 11) is 0. The second kappa shape index (κ2) is 3.96. The molecule has 0 aromatic heterocycles. The van der Waals surface area contributed by atoms with Crippen LogP contribution in [0, 0.1) is 0 Å². The average Bonchev–Trinajstić information content (AvgIpc) is 2.12. The van der Waals surface area contributed by atoms with Gasteiger partial charge in [-0.05, 0) is 19.4 Å². The zero-order chi connectivity index (χ0) is 5.98. The first-order chi connectivity index (χ1) is 3.80. The molecule has 3 nitrogen and oxygen atoms in total. The molecular formula is C5H9NO2Zn+2. The van der Waals surface area contributed by atoms with Crippen LogP contribution in [0.2, 0.25) is 0 Å². The van der Waals surface area contributed by atoms with Crippen molar-refractivity contribution in [3.05, 3.63) is 0 Å². The normalized spacial score (nSPS) is 25.1. The fourth-order valence-electron chi connectivity index (χ4n) is 0.895. The van der Waals surface area contributed by atoms with Crippen molar-refractivity contribution >= 4 is 5.97 Å². The third-order valence-electron chi connectivity index (χ3n) is 1.36. The number of rotatable bonds is 1. The number of aliphatic carboxylic acids is 1. The molecule has 0 amide bonds. The van der Waals surface area contributed by atoms with E-state index in [1.165, 1.54) is 0 Å². The predicted molar refractivity (Wildman–Crippen MR) is 28.7 cm³/mol. The fourth-order valence-corrected chi connectivity index (χ4v) is 0.895. The van der Waals surface area contributed by atoms with Crippen LogP contribution in [0.5, 0.6) is 0 Å². The summed E-state index contributed by atoms with van der Waals surface area (Å²) in [6.45, 7) is 0.858. The summed E-state index contributed by atoms with van der Waals surface area (Å²) in [5.41, 5.74) is 0. The summed E-state index contributed by atoms with van der Waals surface area (Å²) in [5.74, 6) is -0.720. The molecule has 0 aromatic carbocycles. The first kappa shape index (κ1) is 9.05. The Labute approximate surface area is 66.6 Å². The molecular weight excluding hydrogens is 171 g/mol. The van der Waals surface area contributed by atoms with Crippen molar-refractivity contribution < 1.29 is 29.4 Å². The van der Waals surface area contributed by atoms with Crippen LogP contribution in [-0.2, 0) is 24.3 Å². The maximum Gasteiger partial charge on any atom is 2.00 e. The molecule has 0 bridgehead atoms. The van der Waals surface area contributed by atoms with Crippen LogP contribution in [0.25, 0.3) is 0 Å². The van der Waals surface area contributed by atoms with E-state index < -0.39 is 5.97 Å². The summed E-state index contributed by atoms with van der Waals surface area (Å²) in [5, 5.41) is 11.2. The van der Waals surface area contributed by atoms with Crippen LogP contribution in [-0.4, -0.2) is 23.7 Å². The van der Waals surface area contributed by atoms with E-state index in [0.29, 0.717) is 0 Å². The number of hydrogen-bond donors (Lipinski definition) is 2. The molecule has 1 unspecified atom stereocenters. The standard InChI is InChI=1S/C5H9NO2.Zn/c7-5(8)4-2-1-3-6-4;/h4,6H,1-3H2,(H,7,8);/q;+2. The Morgan fingerprint density at radius 3 is 2.56 bits per heavy atom. The van der Waals surface area contributed by atoms with Crippen LogP contribution >= 0.6 is 0 Å². The van der Waals surface area contributed by atoms with Gasteiger partial charge >= 0.3 is 25.4 Å². The van der Waals surface area contributed by atoms with E-state index in [1.807, 2.05) is 0 Å². The molecule has 1 fully saturated rings. The molecule has 0 aromatic rings. The van der Waals surface area contributed by atoms with Gasteiger partial charge < -0.3 is 10.4 Å². The Hall–Kier alpha value is 0.0534. The first-order valence-corrected chi connectivity index (χ1v) is 2.77. The Kier molecular flexibility index (Phi) is 3.99. The molecule has 1 saturated heterocycles. The minimum absolute atomic E-state index is 0. The number of hydrogen-bond acceptors (Lipinski definition) is 2. The van der Waals surface area contributed by atoms with E-state index in [4.69, 9.17) is 5.11 Å². The van der Waals surface area contributed by atoms with Crippen molar-refractivity contribution in [1.82, 2.24) is 5.32 Å². The van der Waals surface area contributed by atoms with E-state index in [9.17, 15) is 4.79 Å². The molecule has 1 atom stereocenters. The predicted octanol–water partition coefficient (Wildman–Crippen LogP) is -0.179. The van der Waals surface area contributed by atoms with Crippen LogP contribution in [0.3, 0.4) is 0 Å². The fraction of sp³-hybridized carbons (Fsp3) is 0.800. The molecule has 4 heteroatoms. The van der Waals surface area contributed by atoms with Gasteiger partial charge in [0, 0.05) is 0 Å². The number of carboxylic acids is 1. The largest absolute Gasteiger partial charge is 2.00 e. The molecule has 1 rings (SSSR count). The van der Waals surface area contributed by atoms with Gasteiger partial charge in [0.25, 0.3) is 0 Å². The van der Waals surface area contributed by atoms with Crippen molar-refractivity contribution in [2.45, 2.75) is 18.9 Å². The van der Waals surface area contributed by atoms with Gasteiger partial charge in [-0.2, -0.15) is 0 Å². The van der Waals surface area contributed by atoms with E-state index in [-0.39, 0.29) is 25.5 Å². The Morgan fingerprint density at radius 1 is 1.67 bits per heavy atom. The van der Waals surface area contributed by atoms with Gasteiger partial charge in [0.15, 0.2) is 0 Å². The number of carbonyl (C=O) groups is 1. The third kappa shape index (κ3) is 2.42. The Morgan fingerprint density at radius 2 is 2.33 bits per heavy atom. The van der Waals surface area contributed by atoms with E-state index >= 15 is 0 Å². The molecule has 0 spiro atoms. The molecule has 9 heavy (non-hydrogen) atoms. The molecule has 1 heterocycles. The van der Waals surface area contributed by atoms with Gasteiger partial charge in [-0.25, -0.2) is 0 Å². The summed E-state index contributed by atoms with van der Waals surface area (Å²) >= 11 is 0. The van der Waals surface area contributed by atoms with Crippen LogP contribution in [0.4, 0.5) is 0 Å². The quantitative estimate of drug-likeness (QED) is 0.551. The molecule has 2 N–H and O–H groups in total. The SMILES string of the molecule is O=C(O)C1CCCN1.[Zn+2]. The second-order valence-corrected chi connectivity index (χ2v) is 1.99. The van der Waals surface area contributed by atoms with Crippen molar-refractivity contribution in [3.8, 4) is 0 Å². The van der Waals surface area contributed by atoms with Gasteiger partial charge in [0.2, 0.25) is 0 Å². The Bertz CT molecular complexity index is 101. The second-order valence-electron chi connectivity index (χ2n) is 1.99. The van der Waals surface area contributed by atoms with Gasteiger partial charge in [0.05, 0.1) is 0 Å². The molecule has 1 aliphatic heterocycles. The summed E-state index contributed by atoms with van der Waals surface area (Å²) in [6, 6.07) is -0.269. The topological polar surface area (TPSA) is 49.3 Å². The number of carboxylic acid groups (broad SMARTS) is 1. The molecule has 0 aliphatic carbocycles. The summed E-state index contributed by atoms with van der Waals surface area (Å²) < 4.78 is 0.